The van der Waals surface area contributed by atoms with Gasteiger partial charge in [0.15, 0.2) is 0 Å². The van der Waals surface area contributed by atoms with Crippen LogP contribution in [-0.2, 0) is 9.53 Å². The van der Waals surface area contributed by atoms with Crippen LogP contribution in [0.2, 0.25) is 0 Å². The van der Waals surface area contributed by atoms with Crippen molar-refractivity contribution < 1.29 is 9.53 Å². The highest BCUT2D eigenvalue weighted by molar-refractivity contribution is 5.81. The van der Waals surface area contributed by atoms with Crippen LogP contribution in [0.4, 0.5) is 0 Å². The van der Waals surface area contributed by atoms with Gasteiger partial charge in [0.05, 0.1) is 12.1 Å². The zero-order valence-electron chi connectivity index (χ0n) is 9.62. The number of carbonyl (C=O) groups is 1. The average molecular weight is 212 g/mol. The maximum atomic E-state index is 11.5. The molecule has 1 saturated heterocycles. The van der Waals surface area contributed by atoms with Gasteiger partial charge in [0.1, 0.15) is 0 Å². The van der Waals surface area contributed by atoms with E-state index in [0.717, 1.165) is 13.0 Å². The fourth-order valence-electron chi connectivity index (χ4n) is 2.90. The number of hydrogen-bond donors (Lipinski definition) is 2. The van der Waals surface area contributed by atoms with E-state index in [9.17, 15) is 4.79 Å². The average Bonchev–Trinajstić information content (AvgIpc) is 2.59. The van der Waals surface area contributed by atoms with Crippen LogP contribution in [0, 0.1) is 11.3 Å². The van der Waals surface area contributed by atoms with E-state index >= 15 is 0 Å². The predicted molar refractivity (Wildman–Crippen MR) is 57.2 cm³/mol. The normalized spacial score (nSPS) is 39.1. The number of fused-ring (bicyclic) bond motifs is 1. The third-order valence-corrected chi connectivity index (χ3v) is 3.81. The summed E-state index contributed by atoms with van der Waals surface area (Å²) in [4.78, 5) is 11.5. The van der Waals surface area contributed by atoms with Crippen molar-refractivity contribution in [3.63, 3.8) is 0 Å². The van der Waals surface area contributed by atoms with Gasteiger partial charge in [-0.15, -0.1) is 0 Å². The monoisotopic (exact) mass is 212 g/mol. The highest BCUT2D eigenvalue weighted by atomic mass is 16.5. The second-order valence-corrected chi connectivity index (χ2v) is 5.34. The van der Waals surface area contributed by atoms with E-state index in [2.05, 4.69) is 19.2 Å². The Morgan fingerprint density at radius 2 is 2.27 bits per heavy atom. The summed E-state index contributed by atoms with van der Waals surface area (Å²) in [5, 5.41) is 3.03. The van der Waals surface area contributed by atoms with Crippen molar-refractivity contribution in [3.8, 4) is 0 Å². The van der Waals surface area contributed by atoms with E-state index in [0.29, 0.717) is 12.0 Å². The summed E-state index contributed by atoms with van der Waals surface area (Å²) < 4.78 is 5.66. The molecule has 1 aliphatic heterocycles. The largest absolute Gasteiger partial charge is 0.377 e. The van der Waals surface area contributed by atoms with Crippen molar-refractivity contribution in [3.05, 3.63) is 0 Å². The lowest BCUT2D eigenvalue weighted by Crippen LogP contribution is -2.67. The van der Waals surface area contributed by atoms with Crippen LogP contribution in [0.3, 0.4) is 0 Å². The molecule has 0 aromatic rings. The maximum absolute atomic E-state index is 11.5. The molecule has 4 nitrogen and oxygen atoms in total. The maximum Gasteiger partial charge on any atom is 0.236 e. The first-order chi connectivity index (χ1) is 6.94. The molecule has 4 atom stereocenters. The Kier molecular flexibility index (Phi) is 2.51. The van der Waals surface area contributed by atoms with Crippen molar-refractivity contribution >= 4 is 5.91 Å². The molecule has 15 heavy (non-hydrogen) atoms. The quantitative estimate of drug-likeness (QED) is 0.690. The second kappa shape index (κ2) is 3.46. The lowest BCUT2D eigenvalue weighted by molar-refractivity contribution is -0.138. The molecule has 86 valence electrons. The van der Waals surface area contributed by atoms with Crippen molar-refractivity contribution in [2.75, 3.05) is 6.61 Å². The van der Waals surface area contributed by atoms with Gasteiger partial charge in [-0.2, -0.15) is 0 Å². The van der Waals surface area contributed by atoms with Crippen LogP contribution in [-0.4, -0.2) is 30.7 Å². The van der Waals surface area contributed by atoms with Crippen LogP contribution in [0.25, 0.3) is 0 Å². The van der Waals surface area contributed by atoms with Crippen LogP contribution in [0.15, 0.2) is 0 Å². The van der Waals surface area contributed by atoms with Gasteiger partial charge in [0, 0.05) is 24.0 Å². The van der Waals surface area contributed by atoms with Gasteiger partial charge in [-0.25, -0.2) is 0 Å². The van der Waals surface area contributed by atoms with Gasteiger partial charge in [-0.1, -0.05) is 13.8 Å². The Morgan fingerprint density at radius 3 is 2.87 bits per heavy atom. The highest BCUT2D eigenvalue weighted by Gasteiger charge is 2.59. The number of amides is 1. The summed E-state index contributed by atoms with van der Waals surface area (Å²) in [5.74, 6) is 0.432. The number of hydrogen-bond acceptors (Lipinski definition) is 3. The molecular formula is C11H20N2O2. The van der Waals surface area contributed by atoms with Crippen molar-refractivity contribution in [1.29, 1.82) is 0 Å². The van der Waals surface area contributed by atoms with Crippen molar-refractivity contribution in [2.24, 2.45) is 17.1 Å². The lowest BCUT2D eigenvalue weighted by Gasteiger charge is -2.54. The minimum atomic E-state index is -0.429. The van der Waals surface area contributed by atoms with Gasteiger partial charge in [-0.05, 0) is 13.3 Å². The zero-order chi connectivity index (χ0) is 11.2. The number of nitrogens with two attached hydrogens (primary N) is 1. The molecule has 0 aromatic heterocycles. The summed E-state index contributed by atoms with van der Waals surface area (Å²) in [7, 11) is 0. The fourth-order valence-corrected chi connectivity index (χ4v) is 2.90. The first-order valence-corrected chi connectivity index (χ1v) is 5.62. The molecule has 0 aromatic carbocycles. The Labute approximate surface area is 90.5 Å². The third-order valence-electron chi connectivity index (χ3n) is 3.81. The second-order valence-electron chi connectivity index (χ2n) is 5.34. The minimum Gasteiger partial charge on any atom is -0.377 e. The molecule has 2 fully saturated rings. The van der Waals surface area contributed by atoms with Crippen molar-refractivity contribution in [1.82, 2.24) is 5.32 Å². The first-order valence-electron chi connectivity index (χ1n) is 5.62. The zero-order valence-corrected chi connectivity index (χ0v) is 9.62. The van der Waals surface area contributed by atoms with E-state index in [4.69, 9.17) is 10.5 Å². The Morgan fingerprint density at radius 1 is 1.60 bits per heavy atom. The van der Waals surface area contributed by atoms with Crippen LogP contribution in [0.5, 0.6) is 0 Å². The summed E-state index contributed by atoms with van der Waals surface area (Å²) in [6.07, 6.45) is 1.37. The molecule has 0 spiro atoms. The molecule has 1 aliphatic carbocycles. The van der Waals surface area contributed by atoms with Crippen LogP contribution < -0.4 is 11.1 Å². The SMILES string of the molecule is CC(N)C(=O)NC1C2CCOC2C1(C)C. The third kappa shape index (κ3) is 1.56. The highest BCUT2D eigenvalue weighted by Crippen LogP contribution is 2.52. The Balaban J connectivity index is 2.01. The standard InChI is InChI=1S/C11H20N2O2/c1-6(12)10(14)13-8-7-4-5-15-9(7)11(8,2)3/h6-9H,4-5,12H2,1-3H3,(H,13,14). The van der Waals surface area contributed by atoms with E-state index < -0.39 is 6.04 Å². The minimum absolute atomic E-state index is 0.0473. The molecule has 2 rings (SSSR count). The van der Waals surface area contributed by atoms with Crippen LogP contribution >= 0.6 is 0 Å². The summed E-state index contributed by atoms with van der Waals surface area (Å²) in [6.45, 7) is 6.82. The topological polar surface area (TPSA) is 64.4 Å². The first kappa shape index (κ1) is 10.9. The van der Waals surface area contributed by atoms with Gasteiger partial charge in [0.2, 0.25) is 5.91 Å². The van der Waals surface area contributed by atoms with E-state index in [1.165, 1.54) is 0 Å². The molecule has 3 N–H and O–H groups in total. The molecule has 1 saturated carbocycles. The van der Waals surface area contributed by atoms with Gasteiger partial charge < -0.3 is 15.8 Å². The lowest BCUT2D eigenvalue weighted by atomic mass is 9.57. The Hall–Kier alpha value is -0.610. The molecule has 1 heterocycles. The number of carbonyl (C=O) groups excluding carboxylic acids is 1. The summed E-state index contributed by atoms with van der Waals surface area (Å²) in [5.41, 5.74) is 5.59. The molecule has 0 bridgehead atoms. The summed E-state index contributed by atoms with van der Waals surface area (Å²) >= 11 is 0. The molecule has 4 unspecified atom stereocenters. The van der Waals surface area contributed by atoms with E-state index in [1.807, 2.05) is 0 Å². The predicted octanol–water partition coefficient (Wildman–Crippen LogP) is 0.263. The molecule has 0 radical (unpaired) electrons. The molecule has 4 heteroatoms. The fraction of sp³-hybridized carbons (Fsp3) is 0.909. The van der Waals surface area contributed by atoms with Gasteiger partial charge in [0.25, 0.3) is 0 Å². The van der Waals surface area contributed by atoms with Crippen molar-refractivity contribution in [2.45, 2.75) is 45.4 Å². The number of ether oxygens (including phenoxy) is 1. The smallest absolute Gasteiger partial charge is 0.236 e. The molecular weight excluding hydrogens is 192 g/mol. The number of nitrogens with one attached hydrogen (secondary N) is 1. The van der Waals surface area contributed by atoms with E-state index in [1.54, 1.807) is 6.92 Å². The van der Waals surface area contributed by atoms with Gasteiger partial charge >= 0.3 is 0 Å². The van der Waals surface area contributed by atoms with Crippen LogP contribution in [0.1, 0.15) is 27.2 Å². The Bertz CT molecular complexity index is 276. The molecule has 2 aliphatic rings. The molecule has 1 amide bonds. The van der Waals surface area contributed by atoms with E-state index in [-0.39, 0.29) is 17.4 Å². The summed E-state index contributed by atoms with van der Waals surface area (Å²) in [6, 6.07) is -0.203. The van der Waals surface area contributed by atoms with Gasteiger partial charge in [-0.3, -0.25) is 4.79 Å². The number of rotatable bonds is 2.